The van der Waals surface area contributed by atoms with Crippen molar-refractivity contribution < 1.29 is 14.4 Å². The van der Waals surface area contributed by atoms with Crippen LogP contribution < -0.4 is 10.2 Å². The molecule has 5 nitrogen and oxygen atoms in total. The van der Waals surface area contributed by atoms with Crippen LogP contribution in [0.3, 0.4) is 0 Å². The van der Waals surface area contributed by atoms with Gasteiger partial charge in [0.2, 0.25) is 0 Å². The van der Waals surface area contributed by atoms with Crippen molar-refractivity contribution >= 4 is 63.0 Å². The first-order chi connectivity index (χ1) is 13.9. The van der Waals surface area contributed by atoms with Gasteiger partial charge in [0.05, 0.1) is 5.69 Å². The highest BCUT2D eigenvalue weighted by Gasteiger charge is 2.35. The van der Waals surface area contributed by atoms with Gasteiger partial charge in [-0.3, -0.25) is 24.6 Å². The summed E-state index contributed by atoms with van der Waals surface area (Å²) in [4.78, 5) is 39.2. The molecule has 1 aliphatic heterocycles. The van der Waals surface area contributed by atoms with E-state index in [4.69, 9.17) is 23.8 Å². The number of amides is 2. The molecule has 0 aliphatic carbocycles. The van der Waals surface area contributed by atoms with Gasteiger partial charge in [-0.05, 0) is 53.3 Å². The fourth-order valence-electron chi connectivity index (χ4n) is 3.04. The lowest BCUT2D eigenvalue weighted by Crippen LogP contribution is -2.54. The van der Waals surface area contributed by atoms with E-state index < -0.39 is 17.6 Å². The number of carbonyl (C=O) groups excluding carboxylic acids is 3. The second kappa shape index (κ2) is 7.58. The Hall–Kier alpha value is -3.35. The molecule has 1 N–H and O–H groups in total. The summed E-state index contributed by atoms with van der Waals surface area (Å²) in [5, 5.41) is 4.77. The number of hydrogen-bond acceptors (Lipinski definition) is 4. The molecule has 0 unspecified atom stereocenters. The monoisotopic (exact) mass is 420 g/mol. The first-order valence-corrected chi connectivity index (χ1v) is 9.43. The van der Waals surface area contributed by atoms with Crippen molar-refractivity contribution in [3.05, 3.63) is 89.0 Å². The number of hydrogen-bond donors (Lipinski definition) is 1. The Labute approximate surface area is 176 Å². The molecule has 1 heterocycles. The number of fused-ring (bicyclic) bond motifs is 1. The van der Waals surface area contributed by atoms with Crippen molar-refractivity contribution in [1.82, 2.24) is 5.32 Å². The molecule has 3 aromatic carbocycles. The van der Waals surface area contributed by atoms with Gasteiger partial charge in [-0.15, -0.1) is 0 Å². The zero-order chi connectivity index (χ0) is 20.5. The summed E-state index contributed by atoms with van der Waals surface area (Å²) in [6, 6.07) is 19.2. The molecule has 2 amide bonds. The van der Waals surface area contributed by atoms with Crippen molar-refractivity contribution in [1.29, 1.82) is 0 Å². The molecule has 4 rings (SSSR count). The van der Waals surface area contributed by atoms with Gasteiger partial charge in [0, 0.05) is 16.7 Å². The van der Waals surface area contributed by atoms with Crippen LogP contribution in [0, 0.1) is 0 Å². The maximum absolute atomic E-state index is 12.9. The van der Waals surface area contributed by atoms with Crippen LogP contribution in [0.5, 0.6) is 0 Å². The van der Waals surface area contributed by atoms with E-state index in [-0.39, 0.29) is 10.7 Å². The Bertz CT molecular complexity index is 1220. The van der Waals surface area contributed by atoms with E-state index in [9.17, 15) is 14.4 Å². The summed E-state index contributed by atoms with van der Waals surface area (Å²) in [6.45, 7) is 0. The largest absolute Gasteiger partial charge is 0.298 e. The maximum atomic E-state index is 12.9. The molecule has 1 fully saturated rings. The lowest BCUT2D eigenvalue weighted by molar-refractivity contribution is -0.122. The highest BCUT2D eigenvalue weighted by atomic mass is 35.5. The molecule has 0 spiro atoms. The number of halogens is 1. The van der Waals surface area contributed by atoms with Crippen LogP contribution in [0.2, 0.25) is 5.02 Å². The highest BCUT2D eigenvalue weighted by Crippen LogP contribution is 2.23. The minimum Gasteiger partial charge on any atom is -0.298 e. The van der Waals surface area contributed by atoms with Crippen LogP contribution in [-0.4, -0.2) is 22.7 Å². The second-order valence-corrected chi connectivity index (χ2v) is 7.18. The molecule has 0 radical (unpaired) electrons. The highest BCUT2D eigenvalue weighted by molar-refractivity contribution is 7.80. The van der Waals surface area contributed by atoms with E-state index in [0.29, 0.717) is 16.3 Å². The van der Waals surface area contributed by atoms with E-state index >= 15 is 0 Å². The second-order valence-electron chi connectivity index (χ2n) is 6.36. The molecule has 7 heteroatoms. The number of ketones is 1. The fourth-order valence-corrected chi connectivity index (χ4v) is 3.45. The number of thiocarbonyl (C=S) groups is 1. The van der Waals surface area contributed by atoms with Crippen LogP contribution in [0.25, 0.3) is 10.8 Å². The molecule has 142 valence electrons. The topological polar surface area (TPSA) is 66.5 Å². The number of nitrogens with one attached hydrogen (secondary N) is 1. The summed E-state index contributed by atoms with van der Waals surface area (Å²) < 4.78 is 0. The van der Waals surface area contributed by atoms with Gasteiger partial charge in [-0.25, -0.2) is 0 Å². The quantitative estimate of drug-likeness (QED) is 0.300. The molecule has 0 atom stereocenters. The summed E-state index contributed by atoms with van der Waals surface area (Å²) in [5.41, 5.74) is 0.531. The number of anilines is 1. The van der Waals surface area contributed by atoms with Crippen molar-refractivity contribution in [3.8, 4) is 0 Å². The van der Waals surface area contributed by atoms with Gasteiger partial charge in [-0.1, -0.05) is 48.0 Å². The minimum atomic E-state index is -0.709. The molecule has 0 saturated carbocycles. The van der Waals surface area contributed by atoms with E-state index in [1.54, 1.807) is 36.4 Å². The Morgan fingerprint density at radius 3 is 2.38 bits per heavy atom. The fraction of sp³-hybridized carbons (Fsp3) is 0. The van der Waals surface area contributed by atoms with Crippen molar-refractivity contribution in [2.24, 2.45) is 0 Å². The number of nitrogens with zero attached hydrogens (tertiary/aromatic N) is 1. The predicted molar refractivity (Wildman–Crippen MR) is 116 cm³/mol. The normalized spacial score (nSPS) is 15.7. The van der Waals surface area contributed by atoms with Gasteiger partial charge in [-0.2, -0.15) is 0 Å². The smallest absolute Gasteiger partial charge is 0.270 e. The molecule has 1 saturated heterocycles. The predicted octanol–water partition coefficient (Wildman–Crippen LogP) is 4.05. The van der Waals surface area contributed by atoms with Crippen LogP contribution in [0.15, 0.2) is 78.4 Å². The Balaban J connectivity index is 1.69. The Morgan fingerprint density at radius 1 is 0.966 bits per heavy atom. The first-order valence-electron chi connectivity index (χ1n) is 8.64. The van der Waals surface area contributed by atoms with Crippen molar-refractivity contribution in [3.63, 3.8) is 0 Å². The Kier molecular flexibility index (Phi) is 4.96. The van der Waals surface area contributed by atoms with Crippen LogP contribution in [0.1, 0.15) is 10.4 Å². The third kappa shape index (κ3) is 3.68. The zero-order valence-corrected chi connectivity index (χ0v) is 16.5. The van der Waals surface area contributed by atoms with E-state index in [0.717, 1.165) is 21.7 Å². The standard InChI is InChI=1S/C22H13ClN2O3S/c23-16-7-9-17(10-8-16)25-21(28)18(20(27)24-22(25)29)12-19(26)15-6-5-13-3-1-2-4-14(13)11-15/h1-12H,(H,24,27,29)/b18-12-. The number of rotatable bonds is 3. The molecular weight excluding hydrogens is 408 g/mol. The minimum absolute atomic E-state index is 0.0578. The third-order valence-corrected chi connectivity index (χ3v) is 5.03. The van der Waals surface area contributed by atoms with Crippen LogP contribution in [-0.2, 0) is 9.59 Å². The number of allylic oxidation sites excluding steroid dienone is 1. The Morgan fingerprint density at radius 2 is 1.66 bits per heavy atom. The van der Waals surface area contributed by atoms with Crippen molar-refractivity contribution in [2.45, 2.75) is 0 Å². The summed E-state index contributed by atoms with van der Waals surface area (Å²) in [6.07, 6.45) is 1.05. The lowest BCUT2D eigenvalue weighted by Gasteiger charge is -2.28. The zero-order valence-electron chi connectivity index (χ0n) is 14.9. The number of benzene rings is 3. The molecule has 0 aromatic heterocycles. The molecule has 29 heavy (non-hydrogen) atoms. The molecule has 0 bridgehead atoms. The average molecular weight is 421 g/mol. The van der Waals surface area contributed by atoms with Gasteiger partial charge < -0.3 is 0 Å². The summed E-state index contributed by atoms with van der Waals surface area (Å²) in [5.74, 6) is -1.83. The molecule has 1 aliphatic rings. The maximum Gasteiger partial charge on any atom is 0.270 e. The SMILES string of the molecule is O=C1NC(=S)N(c2ccc(Cl)cc2)C(=O)/C1=C\C(=O)c1ccc2ccccc2c1. The molecular formula is C22H13ClN2O3S. The summed E-state index contributed by atoms with van der Waals surface area (Å²) >= 11 is 11.0. The van der Waals surface area contributed by atoms with Crippen molar-refractivity contribution in [2.75, 3.05) is 4.90 Å². The average Bonchev–Trinajstić information content (AvgIpc) is 2.72. The third-order valence-electron chi connectivity index (χ3n) is 4.50. The van der Waals surface area contributed by atoms with Gasteiger partial charge in [0.1, 0.15) is 5.57 Å². The number of carbonyl (C=O) groups is 3. The lowest BCUT2D eigenvalue weighted by atomic mass is 10.0. The van der Waals surface area contributed by atoms with E-state index in [2.05, 4.69) is 5.32 Å². The molecule has 3 aromatic rings. The van der Waals surface area contributed by atoms with Crippen LogP contribution >= 0.6 is 23.8 Å². The summed E-state index contributed by atoms with van der Waals surface area (Å²) in [7, 11) is 0. The van der Waals surface area contributed by atoms with E-state index in [1.165, 1.54) is 0 Å². The van der Waals surface area contributed by atoms with Crippen LogP contribution in [0.4, 0.5) is 5.69 Å². The van der Waals surface area contributed by atoms with E-state index in [1.807, 2.05) is 30.3 Å². The van der Waals surface area contributed by atoms with Gasteiger partial charge >= 0.3 is 0 Å². The first kappa shape index (κ1) is 19.0. The van der Waals surface area contributed by atoms with Gasteiger partial charge in [0.15, 0.2) is 10.9 Å². The van der Waals surface area contributed by atoms with Gasteiger partial charge in [0.25, 0.3) is 11.8 Å².